The van der Waals surface area contributed by atoms with Crippen LogP contribution in [0.3, 0.4) is 0 Å². The number of rotatable bonds is 5. The minimum absolute atomic E-state index is 0.233. The molecule has 7 nitrogen and oxygen atoms in total. The number of ether oxygens (including phenoxy) is 1. The lowest BCUT2D eigenvalue weighted by Crippen LogP contribution is -2.27. The molecule has 0 saturated carbocycles. The third-order valence-electron chi connectivity index (χ3n) is 2.46. The van der Waals surface area contributed by atoms with Crippen molar-refractivity contribution in [3.8, 4) is 0 Å². The van der Waals surface area contributed by atoms with E-state index in [1.54, 1.807) is 13.0 Å². The van der Waals surface area contributed by atoms with Gasteiger partial charge in [0.2, 0.25) is 0 Å². The molecular weight excluding hydrogens is 280 g/mol. The van der Waals surface area contributed by atoms with E-state index in [2.05, 4.69) is 15.1 Å². The van der Waals surface area contributed by atoms with Crippen LogP contribution in [-0.2, 0) is 14.3 Å². The van der Waals surface area contributed by atoms with Crippen molar-refractivity contribution in [1.82, 2.24) is 19.6 Å². The number of ketones is 1. The van der Waals surface area contributed by atoms with Gasteiger partial charge in [0.15, 0.2) is 11.0 Å². The second-order valence-corrected chi connectivity index (χ2v) is 5.19. The third kappa shape index (κ3) is 2.96. The summed E-state index contributed by atoms with van der Waals surface area (Å²) in [6.07, 6.45) is 1.37. The van der Waals surface area contributed by atoms with Gasteiger partial charge in [0, 0.05) is 5.69 Å². The van der Waals surface area contributed by atoms with E-state index in [0.717, 1.165) is 17.5 Å². The maximum Gasteiger partial charge on any atom is 0.327 e. The minimum atomic E-state index is -0.913. The Morgan fingerprint density at radius 3 is 2.90 bits per heavy atom. The van der Waals surface area contributed by atoms with Gasteiger partial charge in [-0.25, -0.2) is 4.98 Å². The van der Waals surface area contributed by atoms with Crippen LogP contribution in [0.2, 0.25) is 0 Å². The van der Waals surface area contributed by atoms with Gasteiger partial charge in [0.05, 0.1) is 6.61 Å². The molecule has 0 aromatic carbocycles. The molecule has 0 aliphatic heterocycles. The zero-order valence-electron chi connectivity index (χ0n) is 11.4. The Balaban J connectivity index is 2.35. The van der Waals surface area contributed by atoms with Gasteiger partial charge in [0.1, 0.15) is 11.4 Å². The summed E-state index contributed by atoms with van der Waals surface area (Å²) in [6.45, 7) is 5.11. The highest BCUT2D eigenvalue weighted by Gasteiger charge is 2.27. The van der Waals surface area contributed by atoms with E-state index in [1.165, 1.54) is 17.8 Å². The van der Waals surface area contributed by atoms with E-state index in [4.69, 9.17) is 4.74 Å². The van der Waals surface area contributed by atoms with Crippen LogP contribution in [0.5, 0.6) is 0 Å². The normalized spacial score (nSPS) is 12.3. The molecule has 106 valence electrons. The smallest absolute Gasteiger partial charge is 0.327 e. The maximum atomic E-state index is 11.8. The molecule has 0 fully saturated rings. The van der Waals surface area contributed by atoms with E-state index < -0.39 is 11.2 Å². The summed E-state index contributed by atoms with van der Waals surface area (Å²) in [5, 5.41) is 3.75. The summed E-state index contributed by atoms with van der Waals surface area (Å²) in [7, 11) is 0. The first-order valence-corrected chi connectivity index (χ1v) is 6.92. The second-order valence-electron chi connectivity index (χ2n) is 4.07. The first-order valence-electron chi connectivity index (χ1n) is 6.04. The highest BCUT2D eigenvalue weighted by molar-refractivity contribution is 8.01. The predicted octanol–water partition coefficient (Wildman–Crippen LogP) is 1.05. The number of nitrogens with zero attached hydrogens (tertiary/aromatic N) is 4. The molecule has 0 bridgehead atoms. The summed E-state index contributed by atoms with van der Waals surface area (Å²) >= 11 is 1.09. The average molecular weight is 294 g/mol. The summed E-state index contributed by atoms with van der Waals surface area (Å²) in [5.41, 5.74) is 0.735. The Morgan fingerprint density at radius 2 is 2.25 bits per heavy atom. The molecule has 2 rings (SSSR count). The molecule has 0 N–H and O–H groups in total. The van der Waals surface area contributed by atoms with E-state index in [-0.39, 0.29) is 12.4 Å². The van der Waals surface area contributed by atoms with Crippen LogP contribution in [0.4, 0.5) is 0 Å². The number of aryl methyl sites for hydroxylation is 1. The molecule has 0 amide bonds. The van der Waals surface area contributed by atoms with Crippen LogP contribution in [0.15, 0.2) is 17.4 Å². The van der Waals surface area contributed by atoms with Crippen molar-refractivity contribution in [3.05, 3.63) is 18.1 Å². The lowest BCUT2D eigenvalue weighted by molar-refractivity contribution is -0.144. The number of thioether (sulfide) groups is 1. The minimum Gasteiger partial charge on any atom is -0.465 e. The Bertz CT molecular complexity index is 655. The molecule has 0 aliphatic carbocycles. The van der Waals surface area contributed by atoms with Crippen molar-refractivity contribution in [1.29, 1.82) is 0 Å². The highest BCUT2D eigenvalue weighted by Crippen LogP contribution is 2.25. The molecule has 0 spiro atoms. The standard InChI is InChI=1S/C12H14N4O3S/c1-4-19-11(18)10(8(3)17)20-9-5-7(2)15-12-13-6-14-16(9)12/h5-6,10H,4H2,1-3H3. The van der Waals surface area contributed by atoms with Crippen molar-refractivity contribution < 1.29 is 14.3 Å². The zero-order chi connectivity index (χ0) is 14.7. The fraction of sp³-hybridized carbons (Fsp3) is 0.417. The summed E-state index contributed by atoms with van der Waals surface area (Å²) in [6, 6.07) is 1.75. The van der Waals surface area contributed by atoms with Crippen LogP contribution in [0.25, 0.3) is 5.78 Å². The molecule has 0 aliphatic rings. The number of carbonyl (C=O) groups is 2. The summed E-state index contributed by atoms with van der Waals surface area (Å²) < 4.78 is 6.41. The van der Waals surface area contributed by atoms with Crippen molar-refractivity contribution in [2.45, 2.75) is 31.0 Å². The fourth-order valence-electron chi connectivity index (χ4n) is 1.62. The van der Waals surface area contributed by atoms with Crippen LogP contribution >= 0.6 is 11.8 Å². The van der Waals surface area contributed by atoms with Gasteiger partial charge in [-0.3, -0.25) is 9.59 Å². The number of esters is 1. The highest BCUT2D eigenvalue weighted by atomic mass is 32.2. The third-order valence-corrected chi connectivity index (χ3v) is 3.75. The van der Waals surface area contributed by atoms with Crippen molar-refractivity contribution in [2.24, 2.45) is 0 Å². The van der Waals surface area contributed by atoms with Gasteiger partial charge in [-0.1, -0.05) is 11.8 Å². The van der Waals surface area contributed by atoms with E-state index >= 15 is 0 Å². The molecule has 1 atom stereocenters. The van der Waals surface area contributed by atoms with Crippen LogP contribution < -0.4 is 0 Å². The molecule has 2 aromatic rings. The van der Waals surface area contributed by atoms with E-state index in [9.17, 15) is 9.59 Å². The molecule has 20 heavy (non-hydrogen) atoms. The molecule has 1 unspecified atom stereocenters. The first-order chi connectivity index (χ1) is 9.52. The number of aromatic nitrogens is 4. The Hall–Kier alpha value is -1.96. The lowest BCUT2D eigenvalue weighted by Gasteiger charge is -2.12. The van der Waals surface area contributed by atoms with Gasteiger partial charge >= 0.3 is 5.97 Å². The molecule has 2 heterocycles. The van der Waals surface area contributed by atoms with Crippen LogP contribution in [0, 0.1) is 6.92 Å². The molecule has 0 radical (unpaired) electrons. The number of carbonyl (C=O) groups excluding carboxylic acids is 2. The van der Waals surface area contributed by atoms with Crippen LogP contribution in [-0.4, -0.2) is 43.2 Å². The summed E-state index contributed by atoms with van der Waals surface area (Å²) in [4.78, 5) is 31.7. The lowest BCUT2D eigenvalue weighted by atomic mass is 10.3. The van der Waals surface area contributed by atoms with Gasteiger partial charge in [-0.2, -0.15) is 14.6 Å². The quantitative estimate of drug-likeness (QED) is 0.352. The summed E-state index contributed by atoms with van der Waals surface area (Å²) in [5.74, 6) is -0.387. The Kier molecular flexibility index (Phi) is 4.33. The second kappa shape index (κ2) is 6.00. The molecule has 2 aromatic heterocycles. The van der Waals surface area contributed by atoms with Crippen molar-refractivity contribution >= 4 is 29.3 Å². The Morgan fingerprint density at radius 1 is 1.50 bits per heavy atom. The van der Waals surface area contributed by atoms with Gasteiger partial charge in [0.25, 0.3) is 5.78 Å². The number of fused-ring (bicyclic) bond motifs is 1. The largest absolute Gasteiger partial charge is 0.465 e. The molecule has 0 saturated heterocycles. The van der Waals surface area contributed by atoms with Crippen molar-refractivity contribution in [2.75, 3.05) is 6.61 Å². The number of hydrogen-bond acceptors (Lipinski definition) is 7. The number of Topliss-reactive ketones (excluding diaryl/α,β-unsaturated/α-hetero) is 1. The average Bonchev–Trinajstić information content (AvgIpc) is 2.83. The monoisotopic (exact) mass is 294 g/mol. The SMILES string of the molecule is CCOC(=O)C(Sc1cc(C)nc2ncnn12)C(C)=O. The predicted molar refractivity (Wildman–Crippen MR) is 72.5 cm³/mol. The van der Waals surface area contributed by atoms with Gasteiger partial charge in [-0.15, -0.1) is 0 Å². The topological polar surface area (TPSA) is 86.4 Å². The number of hydrogen-bond donors (Lipinski definition) is 0. The van der Waals surface area contributed by atoms with Gasteiger partial charge in [-0.05, 0) is 26.8 Å². The zero-order valence-corrected chi connectivity index (χ0v) is 12.2. The Labute approximate surface area is 119 Å². The van der Waals surface area contributed by atoms with Crippen LogP contribution in [0.1, 0.15) is 19.5 Å². The molecular formula is C12H14N4O3S. The van der Waals surface area contributed by atoms with Gasteiger partial charge < -0.3 is 4.74 Å². The maximum absolute atomic E-state index is 11.8. The van der Waals surface area contributed by atoms with Crippen molar-refractivity contribution in [3.63, 3.8) is 0 Å². The van der Waals surface area contributed by atoms with E-state index in [0.29, 0.717) is 10.8 Å². The first kappa shape index (κ1) is 14.4. The fourth-order valence-corrected chi connectivity index (χ4v) is 2.66. The molecule has 8 heteroatoms. The van der Waals surface area contributed by atoms with E-state index in [1.807, 2.05) is 6.92 Å².